The molecule has 0 spiro atoms. The van der Waals surface area contributed by atoms with Crippen LogP contribution in [0, 0.1) is 5.41 Å². The second-order valence-corrected chi connectivity index (χ2v) is 5.48. The lowest BCUT2D eigenvalue weighted by Crippen LogP contribution is -2.31. The van der Waals surface area contributed by atoms with Gasteiger partial charge in [0.05, 0.1) is 6.61 Å². The highest BCUT2D eigenvalue weighted by molar-refractivity contribution is 7.12. The molecule has 0 bridgehead atoms. The topological polar surface area (TPSA) is 46.2 Å². The van der Waals surface area contributed by atoms with Gasteiger partial charge in [0.2, 0.25) is 0 Å². The number of aliphatic hydroxyl groups excluding tert-OH is 1. The van der Waals surface area contributed by atoms with Crippen LogP contribution in [0.25, 0.3) is 0 Å². The average Bonchev–Trinajstić information content (AvgIpc) is 2.64. The maximum absolute atomic E-state index is 9.21. The van der Waals surface area contributed by atoms with Gasteiger partial charge in [-0.2, -0.15) is 0 Å². The Morgan fingerprint density at radius 3 is 2.47 bits per heavy atom. The molecule has 1 aromatic rings. The second kappa shape index (κ2) is 5.85. The first-order chi connectivity index (χ1) is 6.51. The van der Waals surface area contributed by atoms with Crippen LogP contribution in [0.2, 0.25) is 0 Å². The predicted octanol–water partition coefficient (Wildman–Crippen LogP) is 2.75. The zero-order valence-corrected chi connectivity index (χ0v) is 11.1. The molecular weight excluding hydrogens is 230 g/mol. The van der Waals surface area contributed by atoms with Gasteiger partial charge in [-0.1, -0.05) is 20.8 Å². The molecule has 3 N–H and O–H groups in total. The molecule has 1 rings (SSSR count). The van der Waals surface area contributed by atoms with Crippen LogP contribution in [0.3, 0.4) is 0 Å². The molecule has 0 saturated heterocycles. The van der Waals surface area contributed by atoms with Gasteiger partial charge in [-0.25, -0.2) is 0 Å². The lowest BCUT2D eigenvalue weighted by atomic mass is 9.85. The fourth-order valence-corrected chi connectivity index (χ4v) is 2.40. The van der Waals surface area contributed by atoms with Crippen LogP contribution in [0.4, 0.5) is 0 Å². The van der Waals surface area contributed by atoms with Crippen molar-refractivity contribution in [1.82, 2.24) is 0 Å². The van der Waals surface area contributed by atoms with Gasteiger partial charge in [-0.05, 0) is 18.6 Å². The van der Waals surface area contributed by atoms with Crippen molar-refractivity contribution in [2.45, 2.75) is 33.2 Å². The van der Waals surface area contributed by atoms with E-state index < -0.39 is 0 Å². The van der Waals surface area contributed by atoms with Gasteiger partial charge in [0.15, 0.2) is 0 Å². The van der Waals surface area contributed by atoms with Gasteiger partial charge in [-0.15, -0.1) is 23.7 Å². The molecule has 2 nitrogen and oxygen atoms in total. The zero-order chi connectivity index (χ0) is 10.8. The Balaban J connectivity index is 0.00000196. The van der Waals surface area contributed by atoms with E-state index in [-0.39, 0.29) is 30.5 Å². The maximum atomic E-state index is 9.21. The summed E-state index contributed by atoms with van der Waals surface area (Å²) in [5.74, 6) is 0. The third kappa shape index (κ3) is 3.45. The largest absolute Gasteiger partial charge is 0.396 e. The minimum atomic E-state index is -0.240. The van der Waals surface area contributed by atoms with Crippen molar-refractivity contribution >= 4 is 23.7 Å². The molecule has 0 saturated carbocycles. The van der Waals surface area contributed by atoms with Gasteiger partial charge in [0, 0.05) is 21.2 Å². The Hall–Kier alpha value is -0.0900. The van der Waals surface area contributed by atoms with E-state index in [9.17, 15) is 5.11 Å². The van der Waals surface area contributed by atoms with Crippen molar-refractivity contribution in [2.24, 2.45) is 11.1 Å². The fourth-order valence-electron chi connectivity index (χ4n) is 1.24. The van der Waals surface area contributed by atoms with Gasteiger partial charge in [-0.3, -0.25) is 0 Å². The molecule has 0 aliphatic carbocycles. The zero-order valence-electron chi connectivity index (χ0n) is 9.49. The summed E-state index contributed by atoms with van der Waals surface area (Å²) in [4.78, 5) is 2.52. The molecule has 0 amide bonds. The SMILES string of the molecule is CCc1ccc([C@@H](N)C(C)(C)CO)s1.Cl. The quantitative estimate of drug-likeness (QED) is 0.862. The summed E-state index contributed by atoms with van der Waals surface area (Å²) < 4.78 is 0. The van der Waals surface area contributed by atoms with Crippen molar-refractivity contribution < 1.29 is 5.11 Å². The summed E-state index contributed by atoms with van der Waals surface area (Å²) in [6.07, 6.45) is 1.05. The summed E-state index contributed by atoms with van der Waals surface area (Å²) >= 11 is 1.75. The van der Waals surface area contributed by atoms with Crippen molar-refractivity contribution in [3.05, 3.63) is 21.9 Å². The van der Waals surface area contributed by atoms with Crippen LogP contribution >= 0.6 is 23.7 Å². The van der Waals surface area contributed by atoms with Crippen LogP contribution in [-0.2, 0) is 6.42 Å². The van der Waals surface area contributed by atoms with Crippen LogP contribution in [0.5, 0.6) is 0 Å². The second-order valence-electron chi connectivity index (χ2n) is 4.28. The molecule has 0 aliphatic rings. The molecule has 15 heavy (non-hydrogen) atoms. The van der Waals surface area contributed by atoms with Crippen molar-refractivity contribution in [1.29, 1.82) is 0 Å². The molecule has 88 valence electrons. The van der Waals surface area contributed by atoms with Crippen LogP contribution in [-0.4, -0.2) is 11.7 Å². The van der Waals surface area contributed by atoms with Gasteiger partial charge >= 0.3 is 0 Å². The Morgan fingerprint density at radius 1 is 1.47 bits per heavy atom. The molecule has 0 aromatic carbocycles. The Kier molecular flexibility index (Phi) is 5.81. The maximum Gasteiger partial charge on any atom is 0.0500 e. The van der Waals surface area contributed by atoms with E-state index in [1.54, 1.807) is 11.3 Å². The first-order valence-corrected chi connectivity index (χ1v) is 5.78. The summed E-state index contributed by atoms with van der Waals surface area (Å²) in [5.41, 5.74) is 5.86. The Labute approximate surface area is 102 Å². The summed E-state index contributed by atoms with van der Waals surface area (Å²) in [7, 11) is 0. The number of nitrogens with two attached hydrogens (primary N) is 1. The third-order valence-corrected chi connectivity index (χ3v) is 3.90. The van der Waals surface area contributed by atoms with Crippen molar-refractivity contribution in [3.8, 4) is 0 Å². The molecule has 0 fully saturated rings. The first-order valence-electron chi connectivity index (χ1n) is 4.96. The number of aliphatic hydroxyl groups is 1. The molecule has 0 aliphatic heterocycles. The molecule has 1 atom stereocenters. The van der Waals surface area contributed by atoms with Gasteiger partial charge in [0.1, 0.15) is 0 Å². The Bertz CT molecular complexity index is 299. The van der Waals surface area contributed by atoms with Crippen molar-refractivity contribution in [2.75, 3.05) is 6.61 Å². The summed E-state index contributed by atoms with van der Waals surface area (Å²) in [6, 6.07) is 4.12. The van der Waals surface area contributed by atoms with Gasteiger partial charge in [0.25, 0.3) is 0 Å². The normalized spacial score (nSPS) is 13.4. The standard InChI is InChI=1S/C11H19NOS.ClH/c1-4-8-5-6-9(14-8)10(12)11(2,3)7-13;/h5-6,10,13H,4,7,12H2,1-3H3;1H/t10-;/m1./s1. The highest BCUT2D eigenvalue weighted by Gasteiger charge is 2.27. The first kappa shape index (κ1) is 14.9. The number of hydrogen-bond donors (Lipinski definition) is 2. The van der Waals surface area contributed by atoms with E-state index in [1.165, 1.54) is 9.75 Å². The number of halogens is 1. The molecular formula is C11H20ClNOS. The van der Waals surface area contributed by atoms with E-state index in [0.717, 1.165) is 6.42 Å². The van der Waals surface area contributed by atoms with Crippen LogP contribution in [0.15, 0.2) is 12.1 Å². The number of aryl methyl sites for hydroxylation is 1. The number of hydrogen-bond acceptors (Lipinski definition) is 3. The predicted molar refractivity (Wildman–Crippen MR) is 68.7 cm³/mol. The van der Waals surface area contributed by atoms with E-state index in [1.807, 2.05) is 13.8 Å². The number of thiophene rings is 1. The molecule has 0 radical (unpaired) electrons. The smallest absolute Gasteiger partial charge is 0.0500 e. The molecule has 1 aromatic heterocycles. The van der Waals surface area contributed by atoms with Crippen molar-refractivity contribution in [3.63, 3.8) is 0 Å². The van der Waals surface area contributed by atoms with E-state index >= 15 is 0 Å². The minimum Gasteiger partial charge on any atom is -0.396 e. The summed E-state index contributed by atoms with van der Waals surface area (Å²) in [5, 5.41) is 9.21. The van der Waals surface area contributed by atoms with E-state index in [2.05, 4.69) is 19.1 Å². The van der Waals surface area contributed by atoms with Crippen LogP contribution < -0.4 is 5.73 Å². The van der Waals surface area contributed by atoms with Crippen LogP contribution in [0.1, 0.15) is 36.6 Å². The molecule has 0 unspecified atom stereocenters. The lowest BCUT2D eigenvalue weighted by Gasteiger charge is -2.28. The lowest BCUT2D eigenvalue weighted by molar-refractivity contribution is 0.133. The monoisotopic (exact) mass is 249 g/mol. The Morgan fingerprint density at radius 2 is 2.07 bits per heavy atom. The fraction of sp³-hybridized carbons (Fsp3) is 0.636. The van der Waals surface area contributed by atoms with E-state index in [4.69, 9.17) is 5.73 Å². The minimum absolute atomic E-state index is 0. The highest BCUT2D eigenvalue weighted by Crippen LogP contribution is 2.34. The number of rotatable bonds is 4. The molecule has 4 heteroatoms. The third-order valence-electron chi connectivity index (χ3n) is 2.59. The van der Waals surface area contributed by atoms with Gasteiger partial charge < -0.3 is 10.8 Å². The van der Waals surface area contributed by atoms with E-state index in [0.29, 0.717) is 0 Å². The molecule has 1 heterocycles. The highest BCUT2D eigenvalue weighted by atomic mass is 35.5. The average molecular weight is 250 g/mol. The summed E-state index contributed by atoms with van der Waals surface area (Å²) in [6.45, 7) is 6.23.